The number of rotatable bonds is 7. The third kappa shape index (κ3) is 6.40. The number of nitrogens with zero attached hydrogens (tertiary/aromatic N) is 1. The summed E-state index contributed by atoms with van der Waals surface area (Å²) in [6, 6.07) is -0.395. The zero-order chi connectivity index (χ0) is 14.1. The quantitative estimate of drug-likeness (QED) is 0.697. The molecule has 0 aromatic heterocycles. The van der Waals surface area contributed by atoms with Crippen LogP contribution in [-0.2, 0) is 14.3 Å². The first-order chi connectivity index (χ1) is 9.13. The number of aliphatic carboxylic acids is 1. The van der Waals surface area contributed by atoms with Gasteiger partial charge in [-0.05, 0) is 19.3 Å². The molecule has 1 aliphatic heterocycles. The fourth-order valence-electron chi connectivity index (χ4n) is 1.90. The van der Waals surface area contributed by atoms with E-state index in [1.807, 2.05) is 0 Å². The van der Waals surface area contributed by atoms with Crippen LogP contribution < -0.4 is 5.32 Å². The first-order valence-corrected chi connectivity index (χ1v) is 6.48. The molecule has 2 amide bonds. The Morgan fingerprint density at radius 2 is 2.26 bits per heavy atom. The van der Waals surface area contributed by atoms with Crippen molar-refractivity contribution in [3.8, 4) is 0 Å². The molecule has 0 aliphatic carbocycles. The maximum atomic E-state index is 11.9. The predicted molar refractivity (Wildman–Crippen MR) is 68.1 cm³/mol. The summed E-state index contributed by atoms with van der Waals surface area (Å²) in [4.78, 5) is 23.8. The van der Waals surface area contributed by atoms with Gasteiger partial charge < -0.3 is 24.8 Å². The van der Waals surface area contributed by atoms with E-state index in [4.69, 9.17) is 14.6 Å². The second-order valence-electron chi connectivity index (χ2n) is 4.48. The number of nitrogens with one attached hydrogen (secondary N) is 1. The van der Waals surface area contributed by atoms with Crippen LogP contribution in [0.15, 0.2) is 0 Å². The van der Waals surface area contributed by atoms with Crippen LogP contribution in [-0.4, -0.2) is 68.1 Å². The van der Waals surface area contributed by atoms with Crippen molar-refractivity contribution in [2.45, 2.75) is 25.4 Å². The van der Waals surface area contributed by atoms with Crippen LogP contribution in [0.2, 0.25) is 0 Å². The Morgan fingerprint density at radius 1 is 1.47 bits per heavy atom. The van der Waals surface area contributed by atoms with E-state index in [2.05, 4.69) is 5.32 Å². The Hall–Kier alpha value is -1.34. The second kappa shape index (κ2) is 8.71. The average molecular weight is 274 g/mol. The van der Waals surface area contributed by atoms with E-state index in [9.17, 15) is 9.59 Å². The molecule has 1 rings (SSSR count). The van der Waals surface area contributed by atoms with Gasteiger partial charge in [-0.3, -0.25) is 4.79 Å². The van der Waals surface area contributed by atoms with E-state index in [1.165, 1.54) is 12.0 Å². The molecule has 2 N–H and O–H groups in total. The summed E-state index contributed by atoms with van der Waals surface area (Å²) in [6.45, 7) is 1.37. The lowest BCUT2D eigenvalue weighted by Crippen LogP contribution is -2.46. The molecule has 1 heterocycles. The minimum absolute atomic E-state index is 0.0341. The third-order valence-corrected chi connectivity index (χ3v) is 2.93. The zero-order valence-corrected chi connectivity index (χ0v) is 11.3. The Labute approximate surface area is 112 Å². The molecule has 0 aromatic rings. The maximum Gasteiger partial charge on any atom is 0.323 e. The highest BCUT2D eigenvalue weighted by Crippen LogP contribution is 2.11. The minimum Gasteiger partial charge on any atom is -0.480 e. The molecule has 0 bridgehead atoms. The summed E-state index contributed by atoms with van der Waals surface area (Å²) >= 11 is 0. The van der Waals surface area contributed by atoms with Gasteiger partial charge in [-0.15, -0.1) is 0 Å². The molecule has 1 aliphatic rings. The number of ether oxygens (including phenoxy) is 2. The molecule has 1 saturated heterocycles. The summed E-state index contributed by atoms with van der Waals surface area (Å²) in [5, 5.41) is 11.5. The molecule has 19 heavy (non-hydrogen) atoms. The van der Waals surface area contributed by atoms with Gasteiger partial charge in [0.25, 0.3) is 0 Å². The van der Waals surface area contributed by atoms with Crippen molar-refractivity contribution in [2.24, 2.45) is 0 Å². The number of hydrogen-bond donors (Lipinski definition) is 2. The number of amides is 2. The summed E-state index contributed by atoms with van der Waals surface area (Å²) in [5.74, 6) is -1.04. The van der Waals surface area contributed by atoms with Gasteiger partial charge >= 0.3 is 12.0 Å². The number of urea groups is 1. The van der Waals surface area contributed by atoms with Gasteiger partial charge in [0.1, 0.15) is 6.54 Å². The minimum atomic E-state index is -1.04. The fraction of sp³-hybridized carbons (Fsp3) is 0.833. The molecule has 1 atom stereocenters. The monoisotopic (exact) mass is 274 g/mol. The topological polar surface area (TPSA) is 88.1 Å². The number of carboxylic acid groups (broad SMARTS) is 1. The van der Waals surface area contributed by atoms with E-state index in [0.29, 0.717) is 13.2 Å². The van der Waals surface area contributed by atoms with Gasteiger partial charge in [-0.2, -0.15) is 0 Å². The molecule has 0 radical (unpaired) electrons. The molecule has 1 unspecified atom stereocenters. The highest BCUT2D eigenvalue weighted by molar-refractivity contribution is 5.80. The number of methoxy groups -OCH3 is 1. The number of hydrogen-bond acceptors (Lipinski definition) is 4. The third-order valence-electron chi connectivity index (χ3n) is 2.93. The average Bonchev–Trinajstić information content (AvgIpc) is 2.41. The van der Waals surface area contributed by atoms with Gasteiger partial charge in [0, 0.05) is 26.8 Å². The number of carbonyl (C=O) groups is 2. The van der Waals surface area contributed by atoms with Crippen LogP contribution in [0.25, 0.3) is 0 Å². The normalized spacial score (nSPS) is 18.9. The lowest BCUT2D eigenvalue weighted by Gasteiger charge is -2.25. The number of carbonyl (C=O) groups excluding carboxylic acids is 1. The van der Waals surface area contributed by atoms with Crippen LogP contribution in [0.4, 0.5) is 4.79 Å². The Morgan fingerprint density at radius 3 is 2.84 bits per heavy atom. The van der Waals surface area contributed by atoms with Crippen molar-refractivity contribution in [3.63, 3.8) is 0 Å². The van der Waals surface area contributed by atoms with E-state index in [1.54, 1.807) is 0 Å². The van der Waals surface area contributed by atoms with Crippen LogP contribution in [0.1, 0.15) is 19.3 Å². The Balaban J connectivity index is 2.34. The van der Waals surface area contributed by atoms with Crippen molar-refractivity contribution in [3.05, 3.63) is 0 Å². The molecular weight excluding hydrogens is 252 g/mol. The van der Waals surface area contributed by atoms with Crippen LogP contribution in [0, 0.1) is 0 Å². The number of carboxylic acids is 1. The van der Waals surface area contributed by atoms with Crippen LogP contribution in [0.3, 0.4) is 0 Å². The standard InChI is InChI=1S/C12H22N2O5/c1-18-7-5-14(9-11(15)16)12(17)13-8-10-4-2-3-6-19-10/h10H,2-9H2,1H3,(H,13,17)(H,15,16). The molecule has 0 saturated carbocycles. The Bertz CT molecular complexity index is 292. The van der Waals surface area contributed by atoms with E-state index < -0.39 is 12.0 Å². The van der Waals surface area contributed by atoms with Crippen molar-refractivity contribution in [1.29, 1.82) is 0 Å². The van der Waals surface area contributed by atoms with Gasteiger partial charge in [-0.1, -0.05) is 0 Å². The second-order valence-corrected chi connectivity index (χ2v) is 4.48. The molecule has 7 nitrogen and oxygen atoms in total. The molecule has 0 spiro atoms. The SMILES string of the molecule is COCCN(CC(=O)O)C(=O)NCC1CCCCO1. The van der Waals surface area contributed by atoms with E-state index in [0.717, 1.165) is 25.9 Å². The van der Waals surface area contributed by atoms with Crippen molar-refractivity contribution in [2.75, 3.05) is 40.0 Å². The summed E-state index contributed by atoms with van der Waals surface area (Å²) in [5.41, 5.74) is 0. The summed E-state index contributed by atoms with van der Waals surface area (Å²) < 4.78 is 10.4. The predicted octanol–water partition coefficient (Wildman–Crippen LogP) is 0.298. The zero-order valence-electron chi connectivity index (χ0n) is 11.3. The van der Waals surface area contributed by atoms with Crippen LogP contribution in [0.5, 0.6) is 0 Å². The lowest BCUT2D eigenvalue weighted by atomic mass is 10.1. The molecule has 110 valence electrons. The molecule has 7 heteroatoms. The Kier molecular flexibility index (Phi) is 7.20. The van der Waals surface area contributed by atoms with Gasteiger partial charge in [0.2, 0.25) is 0 Å². The van der Waals surface area contributed by atoms with Gasteiger partial charge in [0.05, 0.1) is 12.7 Å². The molecular formula is C12H22N2O5. The fourth-order valence-corrected chi connectivity index (χ4v) is 1.90. The van der Waals surface area contributed by atoms with Gasteiger partial charge in [0.15, 0.2) is 0 Å². The first kappa shape index (κ1) is 15.7. The van der Waals surface area contributed by atoms with Gasteiger partial charge in [-0.25, -0.2) is 4.79 Å². The lowest BCUT2D eigenvalue weighted by molar-refractivity contribution is -0.137. The van der Waals surface area contributed by atoms with Crippen molar-refractivity contribution >= 4 is 12.0 Å². The molecule has 0 aromatic carbocycles. The van der Waals surface area contributed by atoms with Crippen molar-refractivity contribution in [1.82, 2.24) is 10.2 Å². The largest absolute Gasteiger partial charge is 0.480 e. The highest BCUT2D eigenvalue weighted by atomic mass is 16.5. The summed E-state index contributed by atoms with van der Waals surface area (Å²) in [7, 11) is 1.51. The summed E-state index contributed by atoms with van der Waals surface area (Å²) in [6.07, 6.45) is 3.12. The maximum absolute atomic E-state index is 11.9. The van der Waals surface area contributed by atoms with E-state index in [-0.39, 0.29) is 19.2 Å². The molecule has 1 fully saturated rings. The highest BCUT2D eigenvalue weighted by Gasteiger charge is 2.19. The first-order valence-electron chi connectivity index (χ1n) is 6.48. The van der Waals surface area contributed by atoms with Crippen molar-refractivity contribution < 1.29 is 24.2 Å². The van der Waals surface area contributed by atoms with E-state index >= 15 is 0 Å². The van der Waals surface area contributed by atoms with Crippen LogP contribution >= 0.6 is 0 Å². The smallest absolute Gasteiger partial charge is 0.323 e.